The molecule has 1 aliphatic heterocycles. The number of furan rings is 1. The number of carbonyl (C=O) groups is 1. The van der Waals surface area contributed by atoms with Crippen molar-refractivity contribution >= 4 is 27.3 Å². The van der Waals surface area contributed by atoms with E-state index in [1.165, 1.54) is 4.70 Å². The highest BCUT2D eigenvalue weighted by Gasteiger charge is 2.25. The first-order valence-corrected chi connectivity index (χ1v) is 9.72. The number of carbonyl (C=O) groups excluding carboxylic acids is 1. The molecule has 1 atom stereocenters. The van der Waals surface area contributed by atoms with Gasteiger partial charge >= 0.3 is 0 Å². The van der Waals surface area contributed by atoms with Gasteiger partial charge in [0.15, 0.2) is 0 Å². The maximum Gasteiger partial charge on any atom is 0.251 e. The maximum absolute atomic E-state index is 12.7. The number of morpholine rings is 1. The molecular formula is C20H22N2O3S. The standard InChI is InChI=1S/C20H22N2O3S/c1-14-2-4-18(25-14)17(22-7-9-24-10-8-22)13-21-20(23)16-3-5-19-15(12-16)6-11-26-19/h2-6,11-12,17H,7-10,13H2,1H3,(H,21,23)/t17-/m1/s1. The molecule has 0 spiro atoms. The molecule has 3 heterocycles. The van der Waals surface area contributed by atoms with E-state index in [9.17, 15) is 4.79 Å². The second-order valence-corrected chi connectivity index (χ2v) is 7.44. The number of rotatable bonds is 5. The molecule has 26 heavy (non-hydrogen) atoms. The number of hydrogen-bond acceptors (Lipinski definition) is 5. The Bertz CT molecular complexity index is 895. The Hall–Kier alpha value is -2.15. The lowest BCUT2D eigenvalue weighted by atomic mass is 10.1. The third kappa shape index (κ3) is 3.67. The first kappa shape index (κ1) is 17.3. The molecule has 1 N–H and O–H groups in total. The summed E-state index contributed by atoms with van der Waals surface area (Å²) in [6.07, 6.45) is 0. The molecular weight excluding hydrogens is 348 g/mol. The van der Waals surface area contributed by atoms with Crippen LogP contribution >= 0.6 is 11.3 Å². The van der Waals surface area contributed by atoms with E-state index in [4.69, 9.17) is 9.15 Å². The van der Waals surface area contributed by atoms with Crippen LogP contribution in [0.3, 0.4) is 0 Å². The van der Waals surface area contributed by atoms with Crippen molar-refractivity contribution in [3.05, 3.63) is 58.9 Å². The average Bonchev–Trinajstić information content (AvgIpc) is 3.31. The fourth-order valence-electron chi connectivity index (χ4n) is 3.33. The number of nitrogens with one attached hydrogen (secondary N) is 1. The van der Waals surface area contributed by atoms with E-state index < -0.39 is 0 Å². The van der Waals surface area contributed by atoms with Gasteiger partial charge in [0.1, 0.15) is 11.5 Å². The summed E-state index contributed by atoms with van der Waals surface area (Å²) in [5.74, 6) is 1.71. The fourth-order valence-corrected chi connectivity index (χ4v) is 4.10. The van der Waals surface area contributed by atoms with Gasteiger partial charge in [0.2, 0.25) is 0 Å². The number of benzene rings is 1. The average molecular weight is 370 g/mol. The van der Waals surface area contributed by atoms with Crippen LogP contribution in [0, 0.1) is 6.92 Å². The molecule has 2 aromatic heterocycles. The fraction of sp³-hybridized carbons (Fsp3) is 0.350. The van der Waals surface area contributed by atoms with Crippen molar-refractivity contribution in [2.45, 2.75) is 13.0 Å². The SMILES string of the molecule is Cc1ccc([C@@H](CNC(=O)c2ccc3sccc3c2)N2CCOCC2)o1. The second-order valence-electron chi connectivity index (χ2n) is 6.50. The predicted octanol–water partition coefficient (Wildman–Crippen LogP) is 3.61. The summed E-state index contributed by atoms with van der Waals surface area (Å²) in [5, 5.41) is 6.23. The Kier molecular flexibility index (Phi) is 5.06. The third-order valence-electron chi connectivity index (χ3n) is 4.75. The number of thiophene rings is 1. The van der Waals surface area contributed by atoms with Gasteiger partial charge in [-0.1, -0.05) is 0 Å². The maximum atomic E-state index is 12.7. The lowest BCUT2D eigenvalue weighted by molar-refractivity contribution is 0.0117. The highest BCUT2D eigenvalue weighted by Crippen LogP contribution is 2.24. The van der Waals surface area contributed by atoms with Crippen LogP contribution in [0.1, 0.15) is 27.9 Å². The minimum atomic E-state index is -0.0559. The molecule has 0 bridgehead atoms. The summed E-state index contributed by atoms with van der Waals surface area (Å²) in [4.78, 5) is 15.0. The number of amides is 1. The lowest BCUT2D eigenvalue weighted by Gasteiger charge is -2.33. The highest BCUT2D eigenvalue weighted by molar-refractivity contribution is 7.17. The minimum absolute atomic E-state index is 0.0152. The van der Waals surface area contributed by atoms with Crippen LogP contribution in [0.5, 0.6) is 0 Å². The molecule has 0 saturated carbocycles. The van der Waals surface area contributed by atoms with E-state index in [1.54, 1.807) is 11.3 Å². The molecule has 1 aliphatic rings. The number of ether oxygens (including phenoxy) is 1. The topological polar surface area (TPSA) is 54.7 Å². The van der Waals surface area contributed by atoms with Gasteiger partial charge < -0.3 is 14.5 Å². The summed E-state index contributed by atoms with van der Waals surface area (Å²) >= 11 is 1.68. The molecule has 1 saturated heterocycles. The zero-order valence-corrected chi connectivity index (χ0v) is 15.6. The van der Waals surface area contributed by atoms with E-state index in [1.807, 2.05) is 48.7 Å². The van der Waals surface area contributed by atoms with Gasteiger partial charge in [-0.25, -0.2) is 0 Å². The molecule has 1 amide bonds. The zero-order chi connectivity index (χ0) is 17.9. The molecule has 0 aliphatic carbocycles. The number of aryl methyl sites for hydroxylation is 1. The van der Waals surface area contributed by atoms with Crippen molar-refractivity contribution in [1.82, 2.24) is 10.2 Å². The van der Waals surface area contributed by atoms with Gasteiger partial charge in [0, 0.05) is 29.9 Å². The van der Waals surface area contributed by atoms with Gasteiger partial charge in [0.25, 0.3) is 5.91 Å². The number of fused-ring (bicyclic) bond motifs is 1. The predicted molar refractivity (Wildman–Crippen MR) is 103 cm³/mol. The smallest absolute Gasteiger partial charge is 0.251 e. The van der Waals surface area contributed by atoms with E-state index in [0.29, 0.717) is 25.3 Å². The normalized spacial score (nSPS) is 16.7. The van der Waals surface area contributed by atoms with Crippen LogP contribution in [0.25, 0.3) is 10.1 Å². The van der Waals surface area contributed by atoms with Gasteiger partial charge in [-0.3, -0.25) is 9.69 Å². The molecule has 0 unspecified atom stereocenters. The lowest BCUT2D eigenvalue weighted by Crippen LogP contribution is -2.43. The molecule has 3 aromatic rings. The number of nitrogens with zero attached hydrogens (tertiary/aromatic N) is 1. The van der Waals surface area contributed by atoms with Crippen LogP contribution in [-0.2, 0) is 4.74 Å². The Morgan fingerprint density at radius 2 is 2.08 bits per heavy atom. The van der Waals surface area contributed by atoms with E-state index in [0.717, 1.165) is 30.0 Å². The van der Waals surface area contributed by atoms with E-state index in [-0.39, 0.29) is 11.9 Å². The summed E-state index contributed by atoms with van der Waals surface area (Å²) < 4.78 is 12.5. The summed E-state index contributed by atoms with van der Waals surface area (Å²) in [6, 6.07) is 11.9. The van der Waals surface area contributed by atoms with Gasteiger partial charge in [-0.05, 0) is 54.1 Å². The molecule has 1 fully saturated rings. The Morgan fingerprint density at radius 1 is 1.23 bits per heavy atom. The summed E-state index contributed by atoms with van der Waals surface area (Å²) in [7, 11) is 0. The first-order valence-electron chi connectivity index (χ1n) is 8.84. The first-order chi connectivity index (χ1) is 12.7. The highest BCUT2D eigenvalue weighted by atomic mass is 32.1. The number of hydrogen-bond donors (Lipinski definition) is 1. The summed E-state index contributed by atoms with van der Waals surface area (Å²) in [6.45, 7) is 5.53. The van der Waals surface area contributed by atoms with Crippen molar-refractivity contribution in [3.63, 3.8) is 0 Å². The van der Waals surface area contributed by atoms with Gasteiger partial charge in [-0.15, -0.1) is 11.3 Å². The van der Waals surface area contributed by atoms with Crippen LogP contribution in [0.15, 0.2) is 46.2 Å². The van der Waals surface area contributed by atoms with Crippen LogP contribution in [-0.4, -0.2) is 43.7 Å². The van der Waals surface area contributed by atoms with Crippen LogP contribution in [0.4, 0.5) is 0 Å². The van der Waals surface area contributed by atoms with Gasteiger partial charge in [0.05, 0.1) is 19.3 Å². The minimum Gasteiger partial charge on any atom is -0.465 e. The molecule has 6 heteroatoms. The molecule has 1 aromatic carbocycles. The van der Waals surface area contributed by atoms with E-state index >= 15 is 0 Å². The van der Waals surface area contributed by atoms with Crippen molar-refractivity contribution in [1.29, 1.82) is 0 Å². The Balaban J connectivity index is 1.48. The molecule has 5 nitrogen and oxygen atoms in total. The van der Waals surface area contributed by atoms with Crippen molar-refractivity contribution < 1.29 is 13.9 Å². The van der Waals surface area contributed by atoms with E-state index in [2.05, 4.69) is 10.2 Å². The van der Waals surface area contributed by atoms with Crippen LogP contribution < -0.4 is 5.32 Å². The Labute approximate surface area is 156 Å². The largest absolute Gasteiger partial charge is 0.465 e. The molecule has 0 radical (unpaired) electrons. The molecule has 136 valence electrons. The quantitative estimate of drug-likeness (QED) is 0.745. The summed E-state index contributed by atoms with van der Waals surface area (Å²) in [5.41, 5.74) is 0.687. The van der Waals surface area contributed by atoms with Crippen molar-refractivity contribution in [2.75, 3.05) is 32.8 Å². The van der Waals surface area contributed by atoms with Crippen molar-refractivity contribution in [2.24, 2.45) is 0 Å². The molecule has 4 rings (SSSR count). The second kappa shape index (κ2) is 7.61. The monoisotopic (exact) mass is 370 g/mol. The zero-order valence-electron chi connectivity index (χ0n) is 14.7. The third-order valence-corrected chi connectivity index (χ3v) is 5.64. The van der Waals surface area contributed by atoms with Crippen molar-refractivity contribution in [3.8, 4) is 0 Å². The van der Waals surface area contributed by atoms with Crippen LogP contribution in [0.2, 0.25) is 0 Å². The Morgan fingerprint density at radius 3 is 2.85 bits per heavy atom. The van der Waals surface area contributed by atoms with Gasteiger partial charge in [-0.2, -0.15) is 0 Å².